The molecule has 2 aliphatic heterocycles. The molecule has 0 radical (unpaired) electrons. The van der Waals surface area contributed by atoms with Crippen molar-refractivity contribution in [2.45, 2.75) is 49.3 Å². The van der Waals surface area contributed by atoms with Crippen molar-refractivity contribution in [3.63, 3.8) is 0 Å². The first-order valence-electron chi connectivity index (χ1n) is 10.1. The maximum absolute atomic E-state index is 12.5. The van der Waals surface area contributed by atoms with Crippen molar-refractivity contribution in [3.05, 3.63) is 71.8 Å². The predicted octanol–water partition coefficient (Wildman–Crippen LogP) is 0.645. The Morgan fingerprint density at radius 2 is 1.47 bits per heavy atom. The molecule has 9 nitrogen and oxygen atoms in total. The number of hydrogen-bond acceptors (Lipinski definition) is 9. The molecule has 7 atom stereocenters. The van der Waals surface area contributed by atoms with Crippen LogP contribution < -0.4 is 0 Å². The van der Waals surface area contributed by atoms with E-state index in [-0.39, 0.29) is 12.2 Å². The van der Waals surface area contributed by atoms with Crippen LogP contribution in [-0.4, -0.2) is 73.6 Å². The maximum Gasteiger partial charge on any atom is 0.338 e. The lowest BCUT2D eigenvalue weighted by Gasteiger charge is -2.37. The van der Waals surface area contributed by atoms with Crippen molar-refractivity contribution in [1.29, 1.82) is 0 Å². The summed E-state index contributed by atoms with van der Waals surface area (Å²) < 4.78 is 45.9. The normalized spacial score (nSPS) is 31.9. The highest BCUT2D eigenvalue weighted by Gasteiger charge is 2.61. The largest absolute Gasteiger partial charge is 0.453 e. The first-order chi connectivity index (χ1) is 15.2. The van der Waals surface area contributed by atoms with Crippen molar-refractivity contribution in [2.24, 2.45) is 0 Å². The van der Waals surface area contributed by atoms with Crippen molar-refractivity contribution < 1.29 is 41.8 Å². The van der Waals surface area contributed by atoms with Crippen LogP contribution in [0.15, 0.2) is 60.7 Å². The third-order valence-electron chi connectivity index (χ3n) is 5.46. The topological polar surface area (TPSA) is 129 Å². The van der Waals surface area contributed by atoms with E-state index in [1.54, 1.807) is 18.2 Å². The Balaban J connectivity index is 1.57. The smallest absolute Gasteiger partial charge is 0.338 e. The fraction of sp³-hybridized carbons (Fsp3) is 0.409. The number of esters is 1. The summed E-state index contributed by atoms with van der Waals surface area (Å²) in [5.74, 6) is -0.739. The SMILES string of the molecule is CS(=O)(=O)O[C@H]1[C@H](OCc2ccccc2)[C@H]2O[C@@H]1[C@H](O)[C@@H](OC(=O)c1ccccc1)[C@H]2O. The summed E-state index contributed by atoms with van der Waals surface area (Å²) in [7, 11) is -3.95. The highest BCUT2D eigenvalue weighted by molar-refractivity contribution is 7.86. The van der Waals surface area contributed by atoms with Crippen molar-refractivity contribution in [1.82, 2.24) is 0 Å². The molecule has 0 unspecified atom stereocenters. The minimum absolute atomic E-state index is 0.0962. The Labute approximate surface area is 185 Å². The zero-order valence-electron chi connectivity index (χ0n) is 17.2. The summed E-state index contributed by atoms with van der Waals surface area (Å²) in [5, 5.41) is 21.7. The van der Waals surface area contributed by atoms with Gasteiger partial charge in [0.25, 0.3) is 10.1 Å². The summed E-state index contributed by atoms with van der Waals surface area (Å²) in [5.41, 5.74) is 1.06. The summed E-state index contributed by atoms with van der Waals surface area (Å²) in [6.45, 7) is 0.0962. The van der Waals surface area contributed by atoms with Crippen LogP contribution in [0.4, 0.5) is 0 Å². The van der Waals surface area contributed by atoms with E-state index in [1.807, 2.05) is 30.3 Å². The van der Waals surface area contributed by atoms with E-state index in [4.69, 9.17) is 18.4 Å². The standard InChI is InChI=1S/C22H24O9S/c1-32(26,27)31-21-19-16(24)17(30-22(25)14-10-6-3-7-11-14)15(23)18(29-19)20(21)28-12-13-8-4-2-5-9-13/h2-11,15-21,23-24H,12H2,1H3/t15-,16-,17+,18+,19-,20-,21-/m1/s1. The number of carbonyl (C=O) groups is 1. The van der Waals surface area contributed by atoms with Crippen molar-refractivity contribution in [2.75, 3.05) is 6.26 Å². The fourth-order valence-electron chi connectivity index (χ4n) is 4.01. The Bertz CT molecular complexity index is 1030. The number of carbonyl (C=O) groups excluding carboxylic acids is 1. The monoisotopic (exact) mass is 464 g/mol. The highest BCUT2D eigenvalue weighted by atomic mass is 32.2. The average molecular weight is 464 g/mol. The van der Waals surface area contributed by atoms with E-state index in [0.717, 1.165) is 11.8 Å². The zero-order valence-corrected chi connectivity index (χ0v) is 18.0. The van der Waals surface area contributed by atoms with E-state index < -0.39 is 58.8 Å². The van der Waals surface area contributed by atoms with E-state index in [9.17, 15) is 23.4 Å². The fourth-order valence-corrected chi connectivity index (χ4v) is 4.63. The molecule has 32 heavy (non-hydrogen) atoms. The lowest BCUT2D eigenvalue weighted by molar-refractivity contribution is -0.208. The van der Waals surface area contributed by atoms with Gasteiger partial charge in [0.1, 0.15) is 36.6 Å². The predicted molar refractivity (Wildman–Crippen MR) is 111 cm³/mol. The minimum atomic E-state index is -3.95. The number of aliphatic hydroxyl groups is 2. The van der Waals surface area contributed by atoms with Crippen LogP contribution in [0.1, 0.15) is 15.9 Å². The number of fused-ring (bicyclic) bond motifs is 2. The number of benzene rings is 2. The molecule has 2 aromatic rings. The first kappa shape index (κ1) is 22.8. The van der Waals surface area contributed by atoms with Gasteiger partial charge >= 0.3 is 5.97 Å². The lowest BCUT2D eigenvalue weighted by Crippen LogP contribution is -2.56. The number of aliphatic hydroxyl groups excluding tert-OH is 2. The molecule has 2 saturated heterocycles. The molecule has 2 aromatic carbocycles. The van der Waals surface area contributed by atoms with Crippen LogP contribution in [0.3, 0.4) is 0 Å². The van der Waals surface area contributed by atoms with Gasteiger partial charge in [0, 0.05) is 0 Å². The van der Waals surface area contributed by atoms with Gasteiger partial charge in [-0.2, -0.15) is 8.42 Å². The van der Waals surface area contributed by atoms with Gasteiger partial charge in [0.05, 0.1) is 18.4 Å². The summed E-state index contributed by atoms with van der Waals surface area (Å²) in [6.07, 6.45) is -8.01. The van der Waals surface area contributed by atoms with Crippen LogP contribution in [-0.2, 0) is 35.1 Å². The second-order valence-electron chi connectivity index (χ2n) is 7.81. The Morgan fingerprint density at radius 3 is 2.06 bits per heavy atom. The number of ether oxygens (including phenoxy) is 3. The molecule has 2 N–H and O–H groups in total. The van der Waals surface area contributed by atoms with E-state index >= 15 is 0 Å². The summed E-state index contributed by atoms with van der Waals surface area (Å²) in [6, 6.07) is 17.3. The molecule has 10 heteroatoms. The molecule has 172 valence electrons. The van der Waals surface area contributed by atoms with Crippen molar-refractivity contribution in [3.8, 4) is 0 Å². The minimum Gasteiger partial charge on any atom is -0.453 e. The van der Waals surface area contributed by atoms with Gasteiger partial charge in [-0.25, -0.2) is 4.79 Å². The molecule has 0 spiro atoms. The van der Waals surface area contributed by atoms with Gasteiger partial charge in [-0.05, 0) is 17.7 Å². The van der Waals surface area contributed by atoms with Crippen LogP contribution in [0.2, 0.25) is 0 Å². The summed E-state index contributed by atoms with van der Waals surface area (Å²) >= 11 is 0. The van der Waals surface area contributed by atoms with E-state index in [2.05, 4.69) is 0 Å². The molecule has 2 aliphatic rings. The zero-order chi connectivity index (χ0) is 22.9. The Kier molecular flexibility index (Phi) is 6.61. The molecule has 2 bridgehead atoms. The van der Waals surface area contributed by atoms with Gasteiger partial charge in [0.2, 0.25) is 0 Å². The maximum atomic E-state index is 12.5. The van der Waals surface area contributed by atoms with Gasteiger partial charge < -0.3 is 24.4 Å². The second-order valence-corrected chi connectivity index (χ2v) is 9.41. The molecule has 2 fully saturated rings. The summed E-state index contributed by atoms with van der Waals surface area (Å²) in [4.78, 5) is 12.5. The van der Waals surface area contributed by atoms with E-state index in [1.165, 1.54) is 12.1 Å². The average Bonchev–Trinajstić information content (AvgIpc) is 3.09. The van der Waals surface area contributed by atoms with Crippen LogP contribution in [0, 0.1) is 0 Å². The molecular weight excluding hydrogens is 440 g/mol. The van der Waals surface area contributed by atoms with Crippen LogP contribution >= 0.6 is 0 Å². The van der Waals surface area contributed by atoms with Crippen LogP contribution in [0.5, 0.6) is 0 Å². The van der Waals surface area contributed by atoms with E-state index in [0.29, 0.717) is 0 Å². The highest BCUT2D eigenvalue weighted by Crippen LogP contribution is 2.39. The number of hydrogen-bond donors (Lipinski definition) is 2. The van der Waals surface area contributed by atoms with Gasteiger partial charge in [-0.3, -0.25) is 4.18 Å². The van der Waals surface area contributed by atoms with Crippen LogP contribution in [0.25, 0.3) is 0 Å². The van der Waals surface area contributed by atoms with Gasteiger partial charge in [-0.15, -0.1) is 0 Å². The molecule has 0 saturated carbocycles. The second kappa shape index (κ2) is 9.26. The third kappa shape index (κ3) is 4.85. The molecule has 0 aliphatic carbocycles. The van der Waals surface area contributed by atoms with Gasteiger partial charge in [0.15, 0.2) is 6.10 Å². The van der Waals surface area contributed by atoms with Crippen molar-refractivity contribution >= 4 is 16.1 Å². The van der Waals surface area contributed by atoms with Gasteiger partial charge in [-0.1, -0.05) is 48.5 Å². The molecule has 0 aromatic heterocycles. The lowest BCUT2D eigenvalue weighted by atomic mass is 10.00. The molecule has 0 amide bonds. The molecule has 4 rings (SSSR count). The third-order valence-corrected chi connectivity index (χ3v) is 6.03. The number of rotatable bonds is 7. The Hall–Kier alpha value is -2.34. The quantitative estimate of drug-likeness (QED) is 0.448. The first-order valence-corrected chi connectivity index (χ1v) is 11.9. The Morgan fingerprint density at radius 1 is 0.906 bits per heavy atom. The molecular formula is C22H24O9S. The molecule has 2 heterocycles.